The second kappa shape index (κ2) is 7.38. The standard InChI is InChI=1S/C18H24N4OS/c1-12(15-7-5-4-6-8-15)11-19-17(23)13(2)24-18-21-20-14(3)22(18)16-9-10-16/h4-8,12-13,16H,9-11H2,1-3H3,(H,19,23)/t12-,13-/m1/s1. The molecule has 1 aromatic carbocycles. The molecule has 24 heavy (non-hydrogen) atoms. The summed E-state index contributed by atoms with van der Waals surface area (Å²) in [7, 11) is 0. The molecule has 1 heterocycles. The summed E-state index contributed by atoms with van der Waals surface area (Å²) in [6.45, 7) is 6.67. The number of aromatic nitrogens is 3. The molecule has 1 amide bonds. The van der Waals surface area contributed by atoms with Crippen LogP contribution in [0.25, 0.3) is 0 Å². The van der Waals surface area contributed by atoms with E-state index in [4.69, 9.17) is 0 Å². The highest BCUT2D eigenvalue weighted by atomic mass is 32.2. The van der Waals surface area contributed by atoms with Crippen molar-refractivity contribution in [3.05, 3.63) is 41.7 Å². The SMILES string of the molecule is Cc1nnc(S[C@H](C)C(=O)NC[C@@H](C)c2ccccc2)n1C1CC1. The van der Waals surface area contributed by atoms with E-state index in [0.717, 1.165) is 11.0 Å². The minimum atomic E-state index is -0.186. The van der Waals surface area contributed by atoms with Crippen molar-refractivity contribution in [2.24, 2.45) is 0 Å². The van der Waals surface area contributed by atoms with E-state index in [0.29, 0.717) is 18.5 Å². The molecule has 0 radical (unpaired) electrons. The number of hydrogen-bond donors (Lipinski definition) is 1. The Hall–Kier alpha value is -1.82. The third kappa shape index (κ3) is 3.98. The van der Waals surface area contributed by atoms with Crippen LogP contribution in [-0.2, 0) is 4.79 Å². The smallest absolute Gasteiger partial charge is 0.233 e. The summed E-state index contributed by atoms with van der Waals surface area (Å²) < 4.78 is 2.17. The van der Waals surface area contributed by atoms with Gasteiger partial charge in [-0.05, 0) is 38.2 Å². The zero-order chi connectivity index (χ0) is 17.1. The van der Waals surface area contributed by atoms with E-state index in [1.165, 1.54) is 30.2 Å². The van der Waals surface area contributed by atoms with Crippen molar-refractivity contribution in [1.29, 1.82) is 0 Å². The van der Waals surface area contributed by atoms with Crippen molar-refractivity contribution >= 4 is 17.7 Å². The quantitative estimate of drug-likeness (QED) is 0.783. The molecule has 1 aromatic heterocycles. The lowest BCUT2D eigenvalue weighted by molar-refractivity contribution is -0.120. The average Bonchev–Trinajstić information content (AvgIpc) is 3.37. The van der Waals surface area contributed by atoms with Crippen LogP contribution in [0.4, 0.5) is 0 Å². The predicted molar refractivity (Wildman–Crippen MR) is 96.2 cm³/mol. The molecule has 0 saturated heterocycles. The highest BCUT2D eigenvalue weighted by molar-refractivity contribution is 8.00. The van der Waals surface area contributed by atoms with Gasteiger partial charge in [0.05, 0.1) is 5.25 Å². The van der Waals surface area contributed by atoms with Gasteiger partial charge in [0, 0.05) is 12.6 Å². The molecule has 0 spiro atoms. The summed E-state index contributed by atoms with van der Waals surface area (Å²) in [6.07, 6.45) is 2.36. The Balaban J connectivity index is 1.54. The van der Waals surface area contributed by atoms with Gasteiger partial charge in [0.25, 0.3) is 0 Å². The molecule has 0 aliphatic heterocycles. The average molecular weight is 344 g/mol. The Kier molecular flexibility index (Phi) is 5.23. The van der Waals surface area contributed by atoms with E-state index >= 15 is 0 Å². The van der Waals surface area contributed by atoms with Gasteiger partial charge in [0.1, 0.15) is 5.82 Å². The Morgan fingerprint density at radius 1 is 1.29 bits per heavy atom. The highest BCUT2D eigenvalue weighted by Gasteiger charge is 2.29. The van der Waals surface area contributed by atoms with Crippen LogP contribution < -0.4 is 5.32 Å². The maximum atomic E-state index is 12.4. The summed E-state index contributed by atoms with van der Waals surface area (Å²) in [4.78, 5) is 12.4. The fourth-order valence-electron chi connectivity index (χ4n) is 2.69. The summed E-state index contributed by atoms with van der Waals surface area (Å²) in [5, 5.41) is 12.1. The Morgan fingerprint density at radius 3 is 2.67 bits per heavy atom. The Labute approximate surface area is 147 Å². The van der Waals surface area contributed by atoms with Gasteiger partial charge in [-0.25, -0.2) is 0 Å². The predicted octanol–water partition coefficient (Wildman–Crippen LogP) is 3.32. The molecule has 1 aliphatic rings. The van der Waals surface area contributed by atoms with Crippen LogP contribution in [0.1, 0.15) is 50.0 Å². The molecular formula is C18H24N4OS. The Morgan fingerprint density at radius 2 is 2.00 bits per heavy atom. The van der Waals surface area contributed by atoms with E-state index in [1.54, 1.807) is 0 Å². The number of benzene rings is 1. The number of amides is 1. The van der Waals surface area contributed by atoms with Gasteiger partial charge in [-0.3, -0.25) is 4.79 Å². The molecule has 1 N–H and O–H groups in total. The van der Waals surface area contributed by atoms with Gasteiger partial charge < -0.3 is 9.88 Å². The number of aryl methyl sites for hydroxylation is 1. The first kappa shape index (κ1) is 17.0. The summed E-state index contributed by atoms with van der Waals surface area (Å²) >= 11 is 1.49. The number of carbonyl (C=O) groups is 1. The van der Waals surface area contributed by atoms with E-state index in [1.807, 2.05) is 32.0 Å². The van der Waals surface area contributed by atoms with Crippen molar-refractivity contribution in [2.75, 3.05) is 6.54 Å². The first-order valence-corrected chi connectivity index (χ1v) is 9.35. The van der Waals surface area contributed by atoms with Gasteiger partial charge in [0.15, 0.2) is 5.16 Å². The molecule has 2 aromatic rings. The molecule has 1 aliphatic carbocycles. The minimum Gasteiger partial charge on any atom is -0.355 e. The van der Waals surface area contributed by atoms with Crippen LogP contribution in [0.3, 0.4) is 0 Å². The molecular weight excluding hydrogens is 320 g/mol. The molecule has 128 valence electrons. The highest BCUT2D eigenvalue weighted by Crippen LogP contribution is 2.39. The number of rotatable bonds is 7. The number of carbonyl (C=O) groups excluding carboxylic acids is 1. The summed E-state index contributed by atoms with van der Waals surface area (Å²) in [5.74, 6) is 1.28. The van der Waals surface area contributed by atoms with Gasteiger partial charge in [0.2, 0.25) is 5.91 Å². The lowest BCUT2D eigenvalue weighted by atomic mass is 10.0. The maximum Gasteiger partial charge on any atom is 0.233 e. The third-order valence-corrected chi connectivity index (χ3v) is 5.41. The lowest BCUT2D eigenvalue weighted by Crippen LogP contribution is -2.33. The van der Waals surface area contributed by atoms with Crippen LogP contribution in [0.5, 0.6) is 0 Å². The zero-order valence-corrected chi connectivity index (χ0v) is 15.2. The molecule has 0 bridgehead atoms. The van der Waals surface area contributed by atoms with Gasteiger partial charge in [-0.1, -0.05) is 49.0 Å². The fraction of sp³-hybridized carbons (Fsp3) is 0.500. The maximum absolute atomic E-state index is 12.4. The first-order valence-electron chi connectivity index (χ1n) is 8.47. The second-order valence-corrected chi connectivity index (χ2v) is 7.76. The normalized spacial score (nSPS) is 16.6. The zero-order valence-electron chi connectivity index (χ0n) is 14.4. The number of hydrogen-bond acceptors (Lipinski definition) is 4. The number of thioether (sulfide) groups is 1. The van der Waals surface area contributed by atoms with Crippen LogP contribution in [0.15, 0.2) is 35.5 Å². The third-order valence-electron chi connectivity index (χ3n) is 4.35. The van der Waals surface area contributed by atoms with Crippen LogP contribution in [0, 0.1) is 6.92 Å². The van der Waals surface area contributed by atoms with Crippen molar-refractivity contribution in [2.45, 2.75) is 56.0 Å². The molecule has 6 heteroatoms. The number of nitrogens with zero attached hydrogens (tertiary/aromatic N) is 3. The lowest BCUT2D eigenvalue weighted by Gasteiger charge is -2.16. The first-order chi connectivity index (χ1) is 11.6. The number of nitrogens with one attached hydrogen (secondary N) is 1. The molecule has 0 unspecified atom stereocenters. The van der Waals surface area contributed by atoms with Crippen LogP contribution >= 0.6 is 11.8 Å². The summed E-state index contributed by atoms with van der Waals surface area (Å²) in [6, 6.07) is 10.8. The molecule has 3 rings (SSSR count). The van der Waals surface area contributed by atoms with E-state index in [-0.39, 0.29) is 11.2 Å². The van der Waals surface area contributed by atoms with E-state index < -0.39 is 0 Å². The fourth-order valence-corrected chi connectivity index (χ4v) is 3.68. The van der Waals surface area contributed by atoms with Crippen LogP contribution in [-0.4, -0.2) is 32.5 Å². The second-order valence-electron chi connectivity index (χ2n) is 6.45. The molecule has 2 atom stereocenters. The van der Waals surface area contributed by atoms with Gasteiger partial charge >= 0.3 is 0 Å². The van der Waals surface area contributed by atoms with Gasteiger partial charge in [-0.15, -0.1) is 10.2 Å². The largest absolute Gasteiger partial charge is 0.355 e. The topological polar surface area (TPSA) is 59.8 Å². The van der Waals surface area contributed by atoms with E-state index in [2.05, 4.69) is 39.1 Å². The van der Waals surface area contributed by atoms with E-state index in [9.17, 15) is 4.79 Å². The van der Waals surface area contributed by atoms with Crippen LogP contribution in [0.2, 0.25) is 0 Å². The van der Waals surface area contributed by atoms with Crippen molar-refractivity contribution in [1.82, 2.24) is 20.1 Å². The molecule has 1 fully saturated rings. The molecule has 1 saturated carbocycles. The molecule has 5 nitrogen and oxygen atoms in total. The monoisotopic (exact) mass is 344 g/mol. The Bertz CT molecular complexity index is 696. The van der Waals surface area contributed by atoms with Crippen molar-refractivity contribution in [3.63, 3.8) is 0 Å². The van der Waals surface area contributed by atoms with Crippen molar-refractivity contribution in [3.8, 4) is 0 Å². The van der Waals surface area contributed by atoms with Gasteiger partial charge in [-0.2, -0.15) is 0 Å². The summed E-state index contributed by atoms with van der Waals surface area (Å²) in [5.41, 5.74) is 1.24. The van der Waals surface area contributed by atoms with Crippen molar-refractivity contribution < 1.29 is 4.79 Å². The minimum absolute atomic E-state index is 0.0470.